The summed E-state index contributed by atoms with van der Waals surface area (Å²) in [5.74, 6) is 0.261. The summed E-state index contributed by atoms with van der Waals surface area (Å²) in [5, 5.41) is 0. The highest BCUT2D eigenvalue weighted by Gasteiger charge is 2.19. The van der Waals surface area contributed by atoms with Gasteiger partial charge in [-0.15, -0.1) is 0 Å². The summed E-state index contributed by atoms with van der Waals surface area (Å²) in [6.45, 7) is 6.16. The van der Waals surface area contributed by atoms with E-state index < -0.39 is 11.7 Å². The molecule has 0 bridgehead atoms. The number of amides is 1. The normalized spacial score (nSPS) is 11.0. The van der Waals surface area contributed by atoms with Crippen LogP contribution in [-0.4, -0.2) is 36.8 Å². The van der Waals surface area contributed by atoms with Crippen molar-refractivity contribution in [2.24, 2.45) is 0 Å². The molecular formula is C14H20FNO3. The van der Waals surface area contributed by atoms with Gasteiger partial charge in [0.2, 0.25) is 0 Å². The van der Waals surface area contributed by atoms with E-state index in [1.165, 1.54) is 17.0 Å². The van der Waals surface area contributed by atoms with Crippen molar-refractivity contribution < 1.29 is 18.7 Å². The fourth-order valence-electron chi connectivity index (χ4n) is 1.26. The Bertz CT molecular complexity index is 412. The molecule has 0 fully saturated rings. The molecular weight excluding hydrogens is 249 g/mol. The highest BCUT2D eigenvalue weighted by atomic mass is 19.1. The molecule has 4 nitrogen and oxygen atoms in total. The third-order valence-corrected chi connectivity index (χ3v) is 2.21. The summed E-state index contributed by atoms with van der Waals surface area (Å²) in [4.78, 5) is 13.1. The molecule has 0 heterocycles. The van der Waals surface area contributed by atoms with E-state index in [4.69, 9.17) is 9.47 Å². The molecule has 0 spiro atoms. The number of rotatable bonds is 4. The van der Waals surface area contributed by atoms with Crippen LogP contribution in [0.3, 0.4) is 0 Å². The van der Waals surface area contributed by atoms with E-state index in [1.54, 1.807) is 19.2 Å². The monoisotopic (exact) mass is 269 g/mol. The first-order chi connectivity index (χ1) is 8.78. The first kappa shape index (κ1) is 15.3. The lowest BCUT2D eigenvalue weighted by atomic mass is 10.2. The molecule has 1 aromatic rings. The maximum absolute atomic E-state index is 12.7. The minimum atomic E-state index is -0.511. The second-order valence-electron chi connectivity index (χ2n) is 5.20. The van der Waals surface area contributed by atoms with Gasteiger partial charge in [0.25, 0.3) is 0 Å². The van der Waals surface area contributed by atoms with Gasteiger partial charge in [-0.05, 0) is 45.0 Å². The number of benzene rings is 1. The van der Waals surface area contributed by atoms with E-state index in [2.05, 4.69) is 0 Å². The van der Waals surface area contributed by atoms with Crippen molar-refractivity contribution in [1.29, 1.82) is 0 Å². The van der Waals surface area contributed by atoms with Crippen LogP contribution < -0.4 is 4.74 Å². The van der Waals surface area contributed by atoms with Crippen LogP contribution in [0.15, 0.2) is 24.3 Å². The minimum absolute atomic E-state index is 0.307. The van der Waals surface area contributed by atoms with E-state index >= 15 is 0 Å². The van der Waals surface area contributed by atoms with E-state index in [-0.39, 0.29) is 5.82 Å². The maximum atomic E-state index is 12.7. The largest absolute Gasteiger partial charge is 0.492 e. The number of carbonyl (C=O) groups is 1. The number of nitrogens with zero attached hydrogens (tertiary/aromatic N) is 1. The Hall–Kier alpha value is -1.78. The van der Waals surface area contributed by atoms with Gasteiger partial charge in [-0.25, -0.2) is 9.18 Å². The van der Waals surface area contributed by atoms with Crippen molar-refractivity contribution in [2.75, 3.05) is 20.2 Å². The zero-order chi connectivity index (χ0) is 14.5. The first-order valence-corrected chi connectivity index (χ1v) is 6.10. The van der Waals surface area contributed by atoms with Gasteiger partial charge in [0.05, 0.1) is 6.54 Å². The van der Waals surface area contributed by atoms with Gasteiger partial charge in [0.15, 0.2) is 0 Å². The van der Waals surface area contributed by atoms with Crippen LogP contribution in [0.1, 0.15) is 20.8 Å². The third kappa shape index (κ3) is 6.08. The molecule has 1 aromatic carbocycles. The second kappa shape index (κ2) is 6.41. The molecule has 5 heteroatoms. The van der Waals surface area contributed by atoms with E-state index in [1.807, 2.05) is 20.8 Å². The lowest BCUT2D eigenvalue weighted by Gasteiger charge is -2.24. The molecule has 19 heavy (non-hydrogen) atoms. The van der Waals surface area contributed by atoms with Crippen LogP contribution in [0, 0.1) is 5.82 Å². The lowest BCUT2D eigenvalue weighted by Crippen LogP contribution is -2.36. The Morgan fingerprint density at radius 3 is 2.37 bits per heavy atom. The second-order valence-corrected chi connectivity index (χ2v) is 5.20. The predicted octanol–water partition coefficient (Wildman–Crippen LogP) is 3.07. The Labute approximate surface area is 113 Å². The smallest absolute Gasteiger partial charge is 0.410 e. The maximum Gasteiger partial charge on any atom is 0.410 e. The van der Waals surface area contributed by atoms with Crippen molar-refractivity contribution >= 4 is 6.09 Å². The first-order valence-electron chi connectivity index (χ1n) is 6.10. The number of hydrogen-bond donors (Lipinski definition) is 0. The third-order valence-electron chi connectivity index (χ3n) is 2.21. The number of carbonyl (C=O) groups excluding carboxylic acids is 1. The van der Waals surface area contributed by atoms with Crippen LogP contribution in [0.4, 0.5) is 9.18 Å². The Morgan fingerprint density at radius 2 is 1.84 bits per heavy atom. The molecule has 0 saturated heterocycles. The van der Waals surface area contributed by atoms with Crippen molar-refractivity contribution in [1.82, 2.24) is 4.90 Å². The molecule has 0 aliphatic rings. The molecule has 0 aliphatic carbocycles. The Morgan fingerprint density at radius 1 is 1.26 bits per heavy atom. The lowest BCUT2D eigenvalue weighted by molar-refractivity contribution is 0.0278. The van der Waals surface area contributed by atoms with Crippen LogP contribution in [0.25, 0.3) is 0 Å². The zero-order valence-corrected chi connectivity index (χ0v) is 11.8. The molecule has 106 valence electrons. The summed E-state index contributed by atoms with van der Waals surface area (Å²) in [6, 6.07) is 5.74. The van der Waals surface area contributed by atoms with Crippen LogP contribution in [-0.2, 0) is 4.74 Å². The summed E-state index contributed by atoms with van der Waals surface area (Å²) >= 11 is 0. The molecule has 1 amide bonds. The summed E-state index contributed by atoms with van der Waals surface area (Å²) in [7, 11) is 1.64. The Kier molecular flexibility index (Phi) is 5.15. The van der Waals surface area contributed by atoms with Crippen molar-refractivity contribution in [3.05, 3.63) is 30.1 Å². The molecule has 0 aliphatic heterocycles. The van der Waals surface area contributed by atoms with Crippen LogP contribution >= 0.6 is 0 Å². The van der Waals surface area contributed by atoms with Gasteiger partial charge in [-0.2, -0.15) is 0 Å². The molecule has 0 N–H and O–H groups in total. The van der Waals surface area contributed by atoms with E-state index in [0.717, 1.165) is 0 Å². The highest BCUT2D eigenvalue weighted by molar-refractivity contribution is 5.67. The van der Waals surface area contributed by atoms with Crippen molar-refractivity contribution in [2.45, 2.75) is 26.4 Å². The number of halogens is 1. The molecule has 0 saturated carbocycles. The molecule has 0 radical (unpaired) electrons. The van der Waals surface area contributed by atoms with Crippen molar-refractivity contribution in [3.63, 3.8) is 0 Å². The van der Waals surface area contributed by atoms with Gasteiger partial charge in [0.1, 0.15) is 23.8 Å². The number of ether oxygens (including phenoxy) is 2. The topological polar surface area (TPSA) is 38.8 Å². The molecule has 1 rings (SSSR count). The average molecular weight is 269 g/mol. The van der Waals surface area contributed by atoms with Crippen LogP contribution in [0.5, 0.6) is 5.75 Å². The summed E-state index contributed by atoms with van der Waals surface area (Å²) in [5.41, 5.74) is -0.511. The van der Waals surface area contributed by atoms with Crippen molar-refractivity contribution in [3.8, 4) is 5.75 Å². The molecule has 0 unspecified atom stereocenters. The number of likely N-dealkylation sites (N-methyl/N-ethyl adjacent to an activating group) is 1. The van der Waals surface area contributed by atoms with Crippen LogP contribution in [0.2, 0.25) is 0 Å². The fraction of sp³-hybridized carbons (Fsp3) is 0.500. The van der Waals surface area contributed by atoms with Gasteiger partial charge < -0.3 is 14.4 Å². The standard InChI is InChI=1S/C14H20FNO3/c1-14(2,3)19-13(17)16(4)9-10-18-12-7-5-11(15)6-8-12/h5-8H,9-10H2,1-4H3. The predicted molar refractivity (Wildman–Crippen MR) is 70.8 cm³/mol. The van der Waals surface area contributed by atoms with Gasteiger partial charge in [-0.1, -0.05) is 0 Å². The molecule has 0 atom stereocenters. The summed E-state index contributed by atoms with van der Waals surface area (Å²) < 4.78 is 23.3. The quantitative estimate of drug-likeness (QED) is 0.843. The van der Waals surface area contributed by atoms with Gasteiger partial charge >= 0.3 is 6.09 Å². The zero-order valence-electron chi connectivity index (χ0n) is 11.8. The SMILES string of the molecule is CN(CCOc1ccc(F)cc1)C(=O)OC(C)(C)C. The van der Waals surface area contributed by atoms with E-state index in [0.29, 0.717) is 18.9 Å². The highest BCUT2D eigenvalue weighted by Crippen LogP contribution is 2.11. The van der Waals surface area contributed by atoms with Gasteiger partial charge in [0, 0.05) is 7.05 Å². The average Bonchev–Trinajstić information content (AvgIpc) is 2.29. The van der Waals surface area contributed by atoms with Gasteiger partial charge in [-0.3, -0.25) is 0 Å². The van der Waals surface area contributed by atoms with E-state index in [9.17, 15) is 9.18 Å². The Balaban J connectivity index is 2.32. The minimum Gasteiger partial charge on any atom is -0.492 e. The fourth-order valence-corrected chi connectivity index (χ4v) is 1.26. The number of hydrogen-bond acceptors (Lipinski definition) is 3. The molecule has 0 aromatic heterocycles. The summed E-state index contributed by atoms with van der Waals surface area (Å²) in [6.07, 6.45) is -0.393.